The van der Waals surface area contributed by atoms with Gasteiger partial charge in [0, 0.05) is 17.9 Å². The molecular formula is C13H17BrN2O3. The van der Waals surface area contributed by atoms with Crippen LogP contribution in [0, 0.1) is 5.41 Å². The van der Waals surface area contributed by atoms with E-state index in [-0.39, 0.29) is 11.4 Å². The van der Waals surface area contributed by atoms with Gasteiger partial charge in [-0.25, -0.2) is 0 Å². The number of amides is 1. The number of aromatic nitrogens is 1. The van der Waals surface area contributed by atoms with Crippen molar-refractivity contribution >= 4 is 21.8 Å². The molecule has 0 saturated heterocycles. The van der Waals surface area contributed by atoms with Crippen LogP contribution in [0.3, 0.4) is 0 Å². The Morgan fingerprint density at radius 3 is 2.95 bits per heavy atom. The molecule has 6 heteroatoms. The predicted molar refractivity (Wildman–Crippen MR) is 73.2 cm³/mol. The normalized spacial score (nSPS) is 15.3. The zero-order chi connectivity index (χ0) is 14.2. The lowest BCUT2D eigenvalue weighted by molar-refractivity contribution is -0.126. The van der Waals surface area contributed by atoms with Crippen LogP contribution < -0.4 is 10.2 Å². The van der Waals surface area contributed by atoms with E-state index >= 15 is 0 Å². The largest absolute Gasteiger partial charge is 0.490 e. The van der Waals surface area contributed by atoms with Crippen LogP contribution in [0.4, 0.5) is 0 Å². The molecule has 0 aromatic carbocycles. The van der Waals surface area contributed by atoms with Gasteiger partial charge in [0.15, 0.2) is 11.2 Å². The van der Waals surface area contributed by atoms with E-state index in [1.165, 1.54) is 0 Å². The molecule has 0 fully saturated rings. The van der Waals surface area contributed by atoms with Crippen LogP contribution in [0.1, 0.15) is 32.9 Å². The van der Waals surface area contributed by atoms with Crippen LogP contribution in [0.2, 0.25) is 0 Å². The highest BCUT2D eigenvalue weighted by atomic mass is 79.9. The Morgan fingerprint density at radius 1 is 1.63 bits per heavy atom. The topological polar surface area (TPSA) is 63.8 Å². The molecule has 19 heavy (non-hydrogen) atoms. The van der Waals surface area contributed by atoms with Gasteiger partial charge in [-0.2, -0.15) is 9.72 Å². The fraction of sp³-hybridized carbons (Fsp3) is 0.538. The Morgan fingerprint density at radius 2 is 2.32 bits per heavy atom. The molecule has 1 amide bonds. The molecule has 1 N–H and O–H groups in total. The van der Waals surface area contributed by atoms with Gasteiger partial charge in [-0.1, -0.05) is 20.8 Å². The minimum Gasteiger partial charge on any atom is -0.490 e. The monoisotopic (exact) mass is 328 g/mol. The number of hydrogen-bond donors (Lipinski definition) is 1. The van der Waals surface area contributed by atoms with Gasteiger partial charge in [0.05, 0.1) is 11.1 Å². The first-order valence-electron chi connectivity index (χ1n) is 6.22. The SMILES string of the molecule is CCC(C)(C)C(=O)N=c1cc(Br)c2c(n1O)CCO2. The molecule has 0 atom stereocenters. The molecule has 0 unspecified atom stereocenters. The third kappa shape index (κ3) is 2.54. The van der Waals surface area contributed by atoms with Gasteiger partial charge >= 0.3 is 0 Å². The van der Waals surface area contributed by atoms with Gasteiger partial charge in [-0.3, -0.25) is 4.79 Å². The number of halogens is 1. The maximum absolute atomic E-state index is 12.1. The molecule has 1 aromatic heterocycles. The Labute approximate surface area is 120 Å². The summed E-state index contributed by atoms with van der Waals surface area (Å²) in [6, 6.07) is 1.59. The second kappa shape index (κ2) is 5.00. The molecule has 0 bridgehead atoms. The molecule has 2 rings (SSSR count). The maximum atomic E-state index is 12.1. The van der Waals surface area contributed by atoms with Gasteiger partial charge in [0.2, 0.25) is 0 Å². The van der Waals surface area contributed by atoms with E-state index in [0.717, 1.165) is 4.73 Å². The van der Waals surface area contributed by atoms with Crippen LogP contribution in [0.5, 0.6) is 5.75 Å². The molecule has 1 aliphatic rings. The van der Waals surface area contributed by atoms with Crippen molar-refractivity contribution in [1.82, 2.24) is 4.73 Å². The van der Waals surface area contributed by atoms with Crippen molar-refractivity contribution in [2.24, 2.45) is 10.4 Å². The standard InChI is InChI=1S/C13H17BrN2O3/c1-4-13(2,3)12(17)15-10-7-8(14)11-9(16(10)18)5-6-19-11/h7,18H,4-6H2,1-3H3. The number of nitrogens with zero attached hydrogens (tertiary/aromatic N) is 2. The second-order valence-electron chi connectivity index (χ2n) is 5.19. The Hall–Kier alpha value is -1.30. The minimum atomic E-state index is -0.533. The highest BCUT2D eigenvalue weighted by Gasteiger charge is 2.26. The van der Waals surface area contributed by atoms with E-state index in [2.05, 4.69) is 20.9 Å². The van der Waals surface area contributed by atoms with Crippen molar-refractivity contribution in [3.05, 3.63) is 21.7 Å². The van der Waals surface area contributed by atoms with Crippen molar-refractivity contribution in [1.29, 1.82) is 0 Å². The van der Waals surface area contributed by atoms with Crippen molar-refractivity contribution in [2.45, 2.75) is 33.6 Å². The van der Waals surface area contributed by atoms with Crippen molar-refractivity contribution in [3.8, 4) is 5.75 Å². The third-order valence-corrected chi connectivity index (χ3v) is 4.06. The summed E-state index contributed by atoms with van der Waals surface area (Å²) in [5, 5.41) is 10.1. The highest BCUT2D eigenvalue weighted by molar-refractivity contribution is 9.10. The molecule has 0 spiro atoms. The summed E-state index contributed by atoms with van der Waals surface area (Å²) in [5.41, 5.74) is 0.326. The molecule has 5 nitrogen and oxygen atoms in total. The summed E-state index contributed by atoms with van der Waals surface area (Å²) >= 11 is 3.37. The Balaban J connectivity index is 2.53. The first-order valence-corrected chi connectivity index (χ1v) is 7.01. The van der Waals surface area contributed by atoms with Crippen molar-refractivity contribution < 1.29 is 14.7 Å². The van der Waals surface area contributed by atoms with E-state index in [0.29, 0.717) is 35.4 Å². The average molecular weight is 329 g/mol. The number of fused-ring (bicyclic) bond motifs is 1. The fourth-order valence-electron chi connectivity index (χ4n) is 1.72. The highest BCUT2D eigenvalue weighted by Crippen LogP contribution is 2.31. The third-order valence-electron chi connectivity index (χ3n) is 3.47. The van der Waals surface area contributed by atoms with Gasteiger partial charge in [-0.05, 0) is 22.4 Å². The van der Waals surface area contributed by atoms with Crippen molar-refractivity contribution in [2.75, 3.05) is 6.61 Å². The molecule has 0 radical (unpaired) electrons. The zero-order valence-electron chi connectivity index (χ0n) is 11.2. The van der Waals surface area contributed by atoms with E-state index < -0.39 is 5.41 Å². The smallest absolute Gasteiger partial charge is 0.253 e. The molecule has 0 saturated carbocycles. The molecule has 2 heterocycles. The summed E-state index contributed by atoms with van der Waals surface area (Å²) in [5.74, 6) is 0.368. The van der Waals surface area contributed by atoms with Gasteiger partial charge < -0.3 is 9.94 Å². The van der Waals surface area contributed by atoms with Gasteiger partial charge in [0.1, 0.15) is 5.69 Å². The average Bonchev–Trinajstić information content (AvgIpc) is 2.85. The molecule has 104 valence electrons. The van der Waals surface area contributed by atoms with Gasteiger partial charge in [-0.15, -0.1) is 0 Å². The summed E-state index contributed by atoms with van der Waals surface area (Å²) < 4.78 is 7.05. The molecule has 1 aromatic rings. The number of carbonyl (C=O) groups excluding carboxylic acids is 1. The Bertz CT molecular complexity index is 590. The first kappa shape index (κ1) is 14.1. The number of hydrogen-bond acceptors (Lipinski definition) is 3. The van der Waals surface area contributed by atoms with Gasteiger partial charge in [0.25, 0.3) is 5.91 Å². The number of carbonyl (C=O) groups is 1. The van der Waals surface area contributed by atoms with E-state index in [1.807, 2.05) is 20.8 Å². The van der Waals surface area contributed by atoms with Crippen LogP contribution in [0.15, 0.2) is 15.5 Å². The molecule has 1 aliphatic heterocycles. The van der Waals surface area contributed by atoms with Crippen LogP contribution in [-0.2, 0) is 11.2 Å². The lowest BCUT2D eigenvalue weighted by Crippen LogP contribution is -2.28. The number of rotatable bonds is 2. The van der Waals surface area contributed by atoms with E-state index in [9.17, 15) is 10.0 Å². The number of pyridine rings is 1. The minimum absolute atomic E-state index is 0.225. The first-order chi connectivity index (χ1) is 8.86. The predicted octanol–water partition coefficient (Wildman–Crippen LogP) is 2.29. The summed E-state index contributed by atoms with van der Waals surface area (Å²) in [6.07, 6.45) is 1.29. The lowest BCUT2D eigenvalue weighted by atomic mass is 9.90. The fourth-order valence-corrected chi connectivity index (χ4v) is 2.27. The van der Waals surface area contributed by atoms with E-state index in [1.54, 1.807) is 6.07 Å². The Kier molecular flexibility index (Phi) is 3.71. The molecular weight excluding hydrogens is 312 g/mol. The van der Waals surface area contributed by atoms with Crippen LogP contribution >= 0.6 is 15.9 Å². The summed E-state index contributed by atoms with van der Waals surface area (Å²) in [7, 11) is 0. The zero-order valence-corrected chi connectivity index (χ0v) is 12.8. The summed E-state index contributed by atoms with van der Waals surface area (Å²) in [4.78, 5) is 16.1. The van der Waals surface area contributed by atoms with Crippen molar-refractivity contribution in [3.63, 3.8) is 0 Å². The van der Waals surface area contributed by atoms with Crippen LogP contribution in [-0.4, -0.2) is 22.5 Å². The number of ether oxygens (including phenoxy) is 1. The van der Waals surface area contributed by atoms with E-state index in [4.69, 9.17) is 4.74 Å². The summed E-state index contributed by atoms with van der Waals surface area (Å²) in [6.45, 7) is 6.14. The second-order valence-corrected chi connectivity index (χ2v) is 6.05. The lowest BCUT2D eigenvalue weighted by Gasteiger charge is -2.17. The quantitative estimate of drug-likeness (QED) is 0.847. The molecule has 0 aliphatic carbocycles. The maximum Gasteiger partial charge on any atom is 0.253 e. The van der Waals surface area contributed by atoms with Crippen LogP contribution in [0.25, 0.3) is 0 Å².